The highest BCUT2D eigenvalue weighted by Crippen LogP contribution is 2.20. The van der Waals surface area contributed by atoms with Gasteiger partial charge in [-0.1, -0.05) is 30.3 Å². The number of ether oxygens (including phenoxy) is 1. The van der Waals surface area contributed by atoms with E-state index in [0.717, 1.165) is 21.4 Å². The second kappa shape index (κ2) is 7.20. The first-order valence-corrected chi connectivity index (χ1v) is 8.52. The van der Waals surface area contributed by atoms with Gasteiger partial charge >= 0.3 is 0 Å². The third-order valence-corrected chi connectivity index (χ3v) is 4.21. The fraction of sp³-hybridized carbons (Fsp3) is 0.105. The molecule has 23 heavy (non-hydrogen) atoms. The quantitative estimate of drug-likeness (QED) is 0.699. The number of thioether (sulfide) groups is 1. The van der Waals surface area contributed by atoms with Gasteiger partial charge in [0.05, 0.1) is 0 Å². The minimum absolute atomic E-state index is 0.00849. The van der Waals surface area contributed by atoms with Crippen molar-refractivity contribution in [2.24, 2.45) is 0 Å². The molecule has 0 radical (unpaired) electrons. The highest BCUT2D eigenvalue weighted by molar-refractivity contribution is 7.98. The van der Waals surface area contributed by atoms with Gasteiger partial charge in [-0.25, -0.2) is 0 Å². The van der Waals surface area contributed by atoms with E-state index in [1.54, 1.807) is 11.8 Å². The van der Waals surface area contributed by atoms with Crippen LogP contribution in [0.1, 0.15) is 0 Å². The molecule has 1 amide bonds. The van der Waals surface area contributed by atoms with Crippen LogP contribution in [0, 0.1) is 0 Å². The van der Waals surface area contributed by atoms with E-state index in [1.807, 2.05) is 73.0 Å². The van der Waals surface area contributed by atoms with E-state index in [9.17, 15) is 4.79 Å². The Morgan fingerprint density at radius 3 is 2.48 bits per heavy atom. The molecule has 116 valence electrons. The molecule has 0 aliphatic carbocycles. The van der Waals surface area contributed by atoms with Crippen LogP contribution in [0.2, 0.25) is 0 Å². The van der Waals surface area contributed by atoms with Crippen LogP contribution >= 0.6 is 11.8 Å². The highest BCUT2D eigenvalue weighted by atomic mass is 32.2. The molecular formula is C19H17NO2S. The lowest BCUT2D eigenvalue weighted by molar-refractivity contribution is -0.118. The maximum absolute atomic E-state index is 12.0. The number of rotatable bonds is 5. The summed E-state index contributed by atoms with van der Waals surface area (Å²) in [4.78, 5) is 13.2. The summed E-state index contributed by atoms with van der Waals surface area (Å²) in [5, 5.41) is 5.10. The van der Waals surface area contributed by atoms with Gasteiger partial charge in [0, 0.05) is 10.6 Å². The van der Waals surface area contributed by atoms with E-state index >= 15 is 0 Å². The number of hydrogen-bond acceptors (Lipinski definition) is 3. The van der Waals surface area contributed by atoms with Gasteiger partial charge in [-0.15, -0.1) is 11.8 Å². The zero-order valence-corrected chi connectivity index (χ0v) is 13.6. The van der Waals surface area contributed by atoms with E-state index in [2.05, 4.69) is 5.32 Å². The molecule has 0 saturated carbocycles. The lowest BCUT2D eigenvalue weighted by Gasteiger charge is -2.08. The Hall–Kier alpha value is -2.46. The molecule has 0 fully saturated rings. The topological polar surface area (TPSA) is 38.3 Å². The van der Waals surface area contributed by atoms with Crippen LogP contribution in [-0.2, 0) is 4.79 Å². The normalized spacial score (nSPS) is 10.5. The van der Waals surface area contributed by atoms with Crippen molar-refractivity contribution < 1.29 is 9.53 Å². The standard InChI is InChI=1S/C19H17NO2S/c1-23-18-10-8-17(9-11-18)22-13-19(21)20-16-7-6-14-4-2-3-5-15(14)12-16/h2-12H,13H2,1H3,(H,20,21). The third kappa shape index (κ3) is 4.05. The van der Waals surface area contributed by atoms with Crippen molar-refractivity contribution in [1.29, 1.82) is 0 Å². The number of amides is 1. The highest BCUT2D eigenvalue weighted by Gasteiger charge is 2.04. The van der Waals surface area contributed by atoms with Gasteiger partial charge in [-0.05, 0) is 53.4 Å². The summed E-state index contributed by atoms with van der Waals surface area (Å²) in [6.07, 6.45) is 2.02. The predicted octanol–water partition coefficient (Wildman–Crippen LogP) is 4.58. The average molecular weight is 323 g/mol. The first-order chi connectivity index (χ1) is 11.2. The molecule has 4 heteroatoms. The number of benzene rings is 3. The lowest BCUT2D eigenvalue weighted by atomic mass is 10.1. The van der Waals surface area contributed by atoms with Gasteiger partial charge in [0.2, 0.25) is 0 Å². The smallest absolute Gasteiger partial charge is 0.262 e. The Morgan fingerprint density at radius 1 is 1.00 bits per heavy atom. The molecule has 3 nitrogen and oxygen atoms in total. The summed E-state index contributed by atoms with van der Waals surface area (Å²) >= 11 is 1.67. The van der Waals surface area contributed by atoms with Crippen molar-refractivity contribution in [1.82, 2.24) is 0 Å². The van der Waals surface area contributed by atoms with Crippen molar-refractivity contribution in [3.63, 3.8) is 0 Å². The Labute approximate surface area is 139 Å². The second-order valence-electron chi connectivity index (χ2n) is 5.07. The number of nitrogens with one attached hydrogen (secondary N) is 1. The van der Waals surface area contributed by atoms with Crippen LogP contribution in [0.15, 0.2) is 71.6 Å². The van der Waals surface area contributed by atoms with Crippen molar-refractivity contribution in [2.45, 2.75) is 4.90 Å². The number of fused-ring (bicyclic) bond motifs is 1. The first-order valence-electron chi connectivity index (χ1n) is 7.30. The van der Waals surface area contributed by atoms with E-state index < -0.39 is 0 Å². The number of anilines is 1. The van der Waals surface area contributed by atoms with Crippen molar-refractivity contribution in [2.75, 3.05) is 18.2 Å². The zero-order chi connectivity index (χ0) is 16.1. The van der Waals surface area contributed by atoms with Crippen LogP contribution in [0.3, 0.4) is 0 Å². The molecule has 3 aromatic carbocycles. The van der Waals surface area contributed by atoms with Gasteiger partial charge in [-0.2, -0.15) is 0 Å². The van der Waals surface area contributed by atoms with Crippen LogP contribution in [0.4, 0.5) is 5.69 Å². The maximum Gasteiger partial charge on any atom is 0.262 e. The first kappa shape index (κ1) is 15.4. The van der Waals surface area contributed by atoms with Crippen LogP contribution in [0.25, 0.3) is 10.8 Å². The molecular weight excluding hydrogens is 306 g/mol. The fourth-order valence-corrected chi connectivity index (χ4v) is 2.69. The van der Waals surface area contributed by atoms with Crippen LogP contribution in [0.5, 0.6) is 5.75 Å². The van der Waals surface area contributed by atoms with Crippen molar-refractivity contribution >= 4 is 34.1 Å². The summed E-state index contributed by atoms with van der Waals surface area (Å²) in [6, 6.07) is 21.6. The molecule has 0 aromatic heterocycles. The molecule has 0 unspecified atom stereocenters. The van der Waals surface area contributed by atoms with Crippen LogP contribution < -0.4 is 10.1 Å². The van der Waals surface area contributed by atoms with E-state index in [-0.39, 0.29) is 12.5 Å². The molecule has 0 heterocycles. The van der Waals surface area contributed by atoms with Gasteiger partial charge in [-0.3, -0.25) is 4.79 Å². The zero-order valence-electron chi connectivity index (χ0n) is 12.8. The largest absolute Gasteiger partial charge is 0.484 e. The predicted molar refractivity (Wildman–Crippen MR) is 96.3 cm³/mol. The fourth-order valence-electron chi connectivity index (χ4n) is 2.28. The van der Waals surface area contributed by atoms with E-state index in [1.165, 1.54) is 0 Å². The van der Waals surface area contributed by atoms with E-state index in [4.69, 9.17) is 4.74 Å². The minimum Gasteiger partial charge on any atom is -0.484 e. The SMILES string of the molecule is CSc1ccc(OCC(=O)Nc2ccc3ccccc3c2)cc1. The molecule has 0 atom stereocenters. The molecule has 3 aromatic rings. The third-order valence-electron chi connectivity index (χ3n) is 3.46. The average Bonchev–Trinajstić information content (AvgIpc) is 2.60. The Balaban J connectivity index is 1.59. The number of carbonyl (C=O) groups excluding carboxylic acids is 1. The Morgan fingerprint density at radius 2 is 1.74 bits per heavy atom. The molecule has 0 spiro atoms. The lowest BCUT2D eigenvalue weighted by Crippen LogP contribution is -2.20. The molecule has 0 aliphatic rings. The monoisotopic (exact) mass is 323 g/mol. The second-order valence-corrected chi connectivity index (χ2v) is 5.95. The summed E-state index contributed by atoms with van der Waals surface area (Å²) in [5.74, 6) is 0.519. The van der Waals surface area contributed by atoms with E-state index in [0.29, 0.717) is 5.75 Å². The molecule has 0 bridgehead atoms. The number of hydrogen-bond donors (Lipinski definition) is 1. The van der Waals surface area contributed by atoms with Gasteiger partial charge < -0.3 is 10.1 Å². The molecule has 3 rings (SSSR count). The summed E-state index contributed by atoms with van der Waals surface area (Å²) < 4.78 is 5.51. The van der Waals surface area contributed by atoms with Crippen molar-refractivity contribution in [3.05, 3.63) is 66.7 Å². The van der Waals surface area contributed by atoms with Crippen LogP contribution in [-0.4, -0.2) is 18.8 Å². The van der Waals surface area contributed by atoms with Crippen molar-refractivity contribution in [3.8, 4) is 5.75 Å². The summed E-state index contributed by atoms with van der Waals surface area (Å²) in [5.41, 5.74) is 0.773. The van der Waals surface area contributed by atoms with Gasteiger partial charge in [0.25, 0.3) is 5.91 Å². The number of carbonyl (C=O) groups is 1. The summed E-state index contributed by atoms with van der Waals surface area (Å²) in [7, 11) is 0. The Kier molecular flexibility index (Phi) is 4.83. The Bertz CT molecular complexity index is 815. The van der Waals surface area contributed by atoms with Gasteiger partial charge in [0.15, 0.2) is 6.61 Å². The maximum atomic E-state index is 12.0. The molecule has 0 saturated heterocycles. The minimum atomic E-state index is -0.172. The molecule has 1 N–H and O–H groups in total. The molecule has 0 aliphatic heterocycles. The van der Waals surface area contributed by atoms with Gasteiger partial charge in [0.1, 0.15) is 5.75 Å². The summed E-state index contributed by atoms with van der Waals surface area (Å²) in [6.45, 7) is -0.00849.